The number of nitrogens with zero attached hydrogens (tertiary/aromatic N) is 2. The van der Waals surface area contributed by atoms with Crippen molar-refractivity contribution in [1.82, 2.24) is 4.37 Å². The van der Waals surface area contributed by atoms with Crippen LogP contribution in [0.15, 0.2) is 36.4 Å². The average Bonchev–Trinajstić information content (AvgIpc) is 2.88. The van der Waals surface area contributed by atoms with E-state index in [1.807, 2.05) is 0 Å². The largest absolute Gasteiger partial charge is 0.355 e. The number of benzene rings is 2. The molecule has 0 atom stereocenters. The molecule has 3 aromatic rings. The van der Waals surface area contributed by atoms with Crippen molar-refractivity contribution in [3.63, 3.8) is 0 Å². The van der Waals surface area contributed by atoms with Crippen LogP contribution in [0.5, 0.6) is 0 Å². The first-order valence-electron chi connectivity index (χ1n) is 6.95. The minimum absolute atomic E-state index is 1.16. The van der Waals surface area contributed by atoms with E-state index in [0.717, 1.165) is 13.1 Å². The van der Waals surface area contributed by atoms with E-state index in [0.29, 0.717) is 0 Å². The Labute approximate surface area is 116 Å². The first kappa shape index (κ1) is 11.2. The standard InChI is InChI=1S/C16H16N2S/c1-4-8-18(9-5-1)16-14-10-12-6-2-3-7-13(12)11-15(14)19-17-16/h2-3,6-7,10-11H,1,4-5,8-9H2. The fraction of sp³-hybridized carbons (Fsp3) is 0.312. The second-order valence-corrected chi connectivity index (χ2v) is 6.05. The summed E-state index contributed by atoms with van der Waals surface area (Å²) in [5.74, 6) is 1.20. The lowest BCUT2D eigenvalue weighted by molar-refractivity contribution is 0.576. The van der Waals surface area contributed by atoms with Crippen LogP contribution in [-0.4, -0.2) is 17.5 Å². The van der Waals surface area contributed by atoms with Crippen molar-refractivity contribution in [1.29, 1.82) is 0 Å². The van der Waals surface area contributed by atoms with Crippen LogP contribution in [0.25, 0.3) is 20.9 Å². The summed E-state index contributed by atoms with van der Waals surface area (Å²) < 4.78 is 6.01. The molecule has 0 amide bonds. The molecule has 0 N–H and O–H groups in total. The van der Waals surface area contributed by atoms with Crippen LogP contribution in [0.4, 0.5) is 5.82 Å². The maximum atomic E-state index is 4.71. The van der Waals surface area contributed by atoms with Gasteiger partial charge in [0.15, 0.2) is 0 Å². The lowest BCUT2D eigenvalue weighted by Crippen LogP contribution is -2.29. The van der Waals surface area contributed by atoms with Crippen LogP contribution >= 0.6 is 11.5 Å². The van der Waals surface area contributed by atoms with Crippen LogP contribution in [-0.2, 0) is 0 Å². The number of anilines is 1. The van der Waals surface area contributed by atoms with Crippen LogP contribution in [0, 0.1) is 0 Å². The molecule has 2 nitrogen and oxygen atoms in total. The van der Waals surface area contributed by atoms with E-state index in [2.05, 4.69) is 41.3 Å². The van der Waals surface area contributed by atoms with E-state index in [1.54, 1.807) is 11.5 Å². The Bertz CT molecular complexity index is 726. The molecular formula is C16H16N2S. The Hall–Kier alpha value is -1.61. The van der Waals surface area contributed by atoms with Gasteiger partial charge in [-0.05, 0) is 53.7 Å². The van der Waals surface area contributed by atoms with E-state index in [9.17, 15) is 0 Å². The van der Waals surface area contributed by atoms with Gasteiger partial charge in [-0.15, -0.1) is 0 Å². The van der Waals surface area contributed by atoms with Gasteiger partial charge in [0.2, 0.25) is 0 Å². The minimum atomic E-state index is 1.16. The highest BCUT2D eigenvalue weighted by atomic mass is 32.1. The smallest absolute Gasteiger partial charge is 0.150 e. The fourth-order valence-corrected chi connectivity index (χ4v) is 3.77. The summed E-state index contributed by atoms with van der Waals surface area (Å²) in [5.41, 5.74) is 0. The molecule has 3 heteroatoms. The Balaban J connectivity index is 1.89. The van der Waals surface area contributed by atoms with Crippen molar-refractivity contribution >= 4 is 38.2 Å². The lowest BCUT2D eigenvalue weighted by atomic mass is 10.1. The quantitative estimate of drug-likeness (QED) is 0.648. The number of fused-ring (bicyclic) bond motifs is 2. The summed E-state index contributed by atoms with van der Waals surface area (Å²) in [6.07, 6.45) is 3.96. The fourth-order valence-electron chi connectivity index (χ4n) is 2.95. The number of aromatic nitrogens is 1. The molecule has 1 aliphatic rings. The lowest BCUT2D eigenvalue weighted by Gasteiger charge is -2.26. The number of rotatable bonds is 1. The van der Waals surface area contributed by atoms with E-state index in [-0.39, 0.29) is 0 Å². The Kier molecular flexibility index (Phi) is 2.66. The summed E-state index contributed by atoms with van der Waals surface area (Å²) in [6.45, 7) is 2.32. The number of hydrogen-bond acceptors (Lipinski definition) is 3. The highest BCUT2D eigenvalue weighted by Crippen LogP contribution is 2.34. The monoisotopic (exact) mass is 268 g/mol. The van der Waals surface area contributed by atoms with E-state index >= 15 is 0 Å². The maximum absolute atomic E-state index is 4.71. The van der Waals surface area contributed by atoms with Gasteiger partial charge < -0.3 is 4.90 Å². The molecule has 0 aliphatic carbocycles. The molecule has 1 aliphatic heterocycles. The first-order chi connectivity index (χ1) is 9.42. The van der Waals surface area contributed by atoms with Gasteiger partial charge in [-0.25, -0.2) is 0 Å². The van der Waals surface area contributed by atoms with Crippen molar-refractivity contribution in [2.24, 2.45) is 0 Å². The Morgan fingerprint density at radius 3 is 2.47 bits per heavy atom. The zero-order valence-electron chi connectivity index (χ0n) is 10.8. The maximum Gasteiger partial charge on any atom is 0.150 e. The zero-order valence-corrected chi connectivity index (χ0v) is 11.6. The third kappa shape index (κ3) is 1.89. The molecule has 1 aromatic heterocycles. The number of piperidine rings is 1. The molecule has 19 heavy (non-hydrogen) atoms. The summed E-state index contributed by atoms with van der Waals surface area (Å²) in [6, 6.07) is 13.1. The molecule has 0 radical (unpaired) electrons. The summed E-state index contributed by atoms with van der Waals surface area (Å²) >= 11 is 1.63. The van der Waals surface area contributed by atoms with Crippen molar-refractivity contribution in [3.8, 4) is 0 Å². The predicted octanol–water partition coefficient (Wildman–Crippen LogP) is 4.44. The topological polar surface area (TPSA) is 16.1 Å². The highest BCUT2D eigenvalue weighted by molar-refractivity contribution is 7.13. The second kappa shape index (κ2) is 4.49. The SMILES string of the molecule is c1ccc2cc3c(N4CCCCC4)nsc3cc2c1. The van der Waals surface area contributed by atoms with Gasteiger partial charge in [0.25, 0.3) is 0 Å². The molecule has 0 spiro atoms. The molecule has 4 rings (SSSR count). The minimum Gasteiger partial charge on any atom is -0.355 e. The molecule has 1 saturated heterocycles. The van der Waals surface area contributed by atoms with Crippen molar-refractivity contribution < 1.29 is 0 Å². The van der Waals surface area contributed by atoms with Gasteiger partial charge in [-0.3, -0.25) is 0 Å². The Morgan fingerprint density at radius 1 is 0.947 bits per heavy atom. The normalized spacial score (nSPS) is 16.3. The van der Waals surface area contributed by atoms with Crippen molar-refractivity contribution in [3.05, 3.63) is 36.4 Å². The zero-order chi connectivity index (χ0) is 12.7. The summed E-state index contributed by atoms with van der Waals surface area (Å²) in [5, 5.41) is 3.95. The summed E-state index contributed by atoms with van der Waals surface area (Å²) in [7, 11) is 0. The highest BCUT2D eigenvalue weighted by Gasteiger charge is 2.16. The molecule has 96 valence electrons. The molecule has 2 heterocycles. The van der Waals surface area contributed by atoms with Gasteiger partial charge in [0, 0.05) is 18.5 Å². The van der Waals surface area contributed by atoms with Gasteiger partial charge in [-0.1, -0.05) is 24.3 Å². The van der Waals surface area contributed by atoms with Crippen molar-refractivity contribution in [2.45, 2.75) is 19.3 Å². The second-order valence-electron chi connectivity index (χ2n) is 5.25. The number of hydrogen-bond donors (Lipinski definition) is 0. The predicted molar refractivity (Wildman–Crippen MR) is 83.2 cm³/mol. The molecule has 0 bridgehead atoms. The van der Waals surface area contributed by atoms with E-state index in [1.165, 1.54) is 45.9 Å². The van der Waals surface area contributed by atoms with E-state index in [4.69, 9.17) is 4.37 Å². The molecular weight excluding hydrogens is 252 g/mol. The molecule has 0 unspecified atom stereocenters. The van der Waals surface area contributed by atoms with Crippen molar-refractivity contribution in [2.75, 3.05) is 18.0 Å². The molecule has 0 saturated carbocycles. The van der Waals surface area contributed by atoms with Crippen LogP contribution in [0.3, 0.4) is 0 Å². The Morgan fingerprint density at radius 2 is 1.68 bits per heavy atom. The third-order valence-corrected chi connectivity index (χ3v) is 4.77. The van der Waals surface area contributed by atoms with Gasteiger partial charge in [0.05, 0.1) is 4.70 Å². The van der Waals surface area contributed by atoms with Gasteiger partial charge >= 0.3 is 0 Å². The average molecular weight is 268 g/mol. The van der Waals surface area contributed by atoms with Gasteiger partial charge in [0.1, 0.15) is 5.82 Å². The molecule has 1 fully saturated rings. The van der Waals surface area contributed by atoms with Crippen LogP contribution in [0.1, 0.15) is 19.3 Å². The first-order valence-corrected chi connectivity index (χ1v) is 7.72. The molecule has 2 aromatic carbocycles. The van der Waals surface area contributed by atoms with Crippen LogP contribution in [0.2, 0.25) is 0 Å². The van der Waals surface area contributed by atoms with E-state index < -0.39 is 0 Å². The summed E-state index contributed by atoms with van der Waals surface area (Å²) in [4.78, 5) is 2.46. The van der Waals surface area contributed by atoms with Crippen LogP contribution < -0.4 is 4.90 Å². The third-order valence-electron chi connectivity index (χ3n) is 3.97. The van der Waals surface area contributed by atoms with Gasteiger partial charge in [-0.2, -0.15) is 4.37 Å².